The average Bonchev–Trinajstić information content (AvgIpc) is 2.64. The second-order valence-electron chi connectivity index (χ2n) is 5.03. The van der Waals surface area contributed by atoms with Crippen LogP contribution in [-0.4, -0.2) is 17.3 Å². The van der Waals surface area contributed by atoms with Crippen LogP contribution in [0.5, 0.6) is 0 Å². The van der Waals surface area contributed by atoms with E-state index < -0.39 is 5.60 Å². The summed E-state index contributed by atoms with van der Waals surface area (Å²) in [5, 5.41) is 14.7. The number of aliphatic hydroxyl groups is 1. The van der Waals surface area contributed by atoms with Crippen LogP contribution in [0.3, 0.4) is 0 Å². The Morgan fingerprint density at radius 1 is 1.33 bits per heavy atom. The van der Waals surface area contributed by atoms with Gasteiger partial charge in [-0.2, -0.15) is 0 Å². The largest absolute Gasteiger partial charge is 0.444 e. The molecule has 2 N–H and O–H groups in total. The molecule has 1 fully saturated rings. The molecule has 2 aromatic rings. The number of para-hydroxylation sites is 1. The highest BCUT2D eigenvalue weighted by molar-refractivity contribution is 6.30. The Hall–Kier alpha value is -1.03. The maximum atomic E-state index is 10.0. The number of benzene rings is 1. The highest BCUT2D eigenvalue weighted by atomic mass is 35.5. The average molecular weight is 266 g/mol. The van der Waals surface area contributed by atoms with E-state index in [-0.39, 0.29) is 0 Å². The normalized spacial score (nSPS) is 17.9. The maximum absolute atomic E-state index is 10.0. The van der Waals surface area contributed by atoms with E-state index in [0.29, 0.717) is 18.3 Å². The molecule has 0 atom stereocenters. The van der Waals surface area contributed by atoms with Gasteiger partial charge in [-0.15, -0.1) is 0 Å². The first-order chi connectivity index (χ1) is 8.68. The molecule has 3 rings (SSSR count). The third-order valence-electron chi connectivity index (χ3n) is 3.69. The van der Waals surface area contributed by atoms with Gasteiger partial charge in [0.1, 0.15) is 5.58 Å². The highest BCUT2D eigenvalue weighted by Gasteiger charge is 2.33. The predicted octanol–water partition coefficient (Wildman–Crippen LogP) is 3.09. The van der Waals surface area contributed by atoms with Crippen molar-refractivity contribution in [3.05, 3.63) is 35.0 Å². The monoisotopic (exact) mass is 265 g/mol. The lowest BCUT2D eigenvalue weighted by Gasteiger charge is -2.36. The van der Waals surface area contributed by atoms with E-state index in [2.05, 4.69) is 5.32 Å². The van der Waals surface area contributed by atoms with Gasteiger partial charge >= 0.3 is 0 Å². The van der Waals surface area contributed by atoms with Crippen molar-refractivity contribution in [2.75, 3.05) is 6.54 Å². The van der Waals surface area contributed by atoms with E-state index in [1.807, 2.05) is 24.3 Å². The molecule has 0 amide bonds. The van der Waals surface area contributed by atoms with Crippen molar-refractivity contribution >= 4 is 22.6 Å². The molecular formula is C14H16ClNO2. The van der Waals surface area contributed by atoms with Gasteiger partial charge in [-0.05, 0) is 36.9 Å². The van der Waals surface area contributed by atoms with Gasteiger partial charge < -0.3 is 14.8 Å². The summed E-state index contributed by atoms with van der Waals surface area (Å²) >= 11 is 6.10. The Kier molecular flexibility index (Phi) is 3.06. The van der Waals surface area contributed by atoms with Crippen molar-refractivity contribution in [2.45, 2.75) is 31.4 Å². The Morgan fingerprint density at radius 2 is 2.11 bits per heavy atom. The van der Waals surface area contributed by atoms with Gasteiger partial charge in [-0.3, -0.25) is 0 Å². The summed E-state index contributed by atoms with van der Waals surface area (Å²) in [7, 11) is 0. The third-order valence-corrected chi connectivity index (χ3v) is 3.99. The van der Waals surface area contributed by atoms with Crippen LogP contribution in [0.2, 0.25) is 5.22 Å². The first-order valence-corrected chi connectivity index (χ1v) is 6.65. The molecule has 3 nitrogen and oxygen atoms in total. The lowest BCUT2D eigenvalue weighted by Crippen LogP contribution is -2.45. The first kappa shape index (κ1) is 12.0. The molecule has 0 bridgehead atoms. The summed E-state index contributed by atoms with van der Waals surface area (Å²) in [6.45, 7) is 1.24. The van der Waals surface area contributed by atoms with Crippen molar-refractivity contribution in [3.8, 4) is 0 Å². The minimum atomic E-state index is -0.508. The van der Waals surface area contributed by atoms with Crippen molar-refractivity contribution < 1.29 is 9.52 Å². The molecule has 0 radical (unpaired) electrons. The molecule has 1 aromatic heterocycles. The van der Waals surface area contributed by atoms with Crippen molar-refractivity contribution in [2.24, 2.45) is 0 Å². The van der Waals surface area contributed by atoms with E-state index in [9.17, 15) is 5.11 Å². The first-order valence-electron chi connectivity index (χ1n) is 6.27. The number of hydrogen-bond donors (Lipinski definition) is 2. The zero-order chi connectivity index (χ0) is 12.6. The Bertz CT molecular complexity index is 560. The molecule has 1 aliphatic carbocycles. The standard InChI is InChI=1S/C14H16ClNO2/c15-13-11(8-16-9-14(17)6-3-7-14)10-4-1-2-5-12(10)18-13/h1-2,4-5,16-17H,3,6-9H2. The van der Waals surface area contributed by atoms with Crippen LogP contribution in [0.25, 0.3) is 11.0 Å². The van der Waals surface area contributed by atoms with Crippen LogP contribution in [0.15, 0.2) is 28.7 Å². The SMILES string of the molecule is OC1(CNCc2c(Cl)oc3ccccc23)CCC1. The summed E-state index contributed by atoms with van der Waals surface area (Å²) in [6.07, 6.45) is 2.90. The summed E-state index contributed by atoms with van der Waals surface area (Å²) in [6, 6.07) is 7.80. The fraction of sp³-hybridized carbons (Fsp3) is 0.429. The molecule has 4 heteroatoms. The number of rotatable bonds is 4. The minimum absolute atomic E-state index is 0.435. The predicted molar refractivity (Wildman–Crippen MR) is 71.7 cm³/mol. The van der Waals surface area contributed by atoms with E-state index in [0.717, 1.165) is 35.8 Å². The number of halogens is 1. The van der Waals surface area contributed by atoms with Crippen molar-refractivity contribution in [1.29, 1.82) is 0 Å². The summed E-state index contributed by atoms with van der Waals surface area (Å²) in [5.74, 6) is 0. The van der Waals surface area contributed by atoms with Gasteiger partial charge in [0.05, 0.1) is 5.60 Å². The summed E-state index contributed by atoms with van der Waals surface area (Å²) < 4.78 is 5.48. The van der Waals surface area contributed by atoms with E-state index in [1.54, 1.807) is 0 Å². The quantitative estimate of drug-likeness (QED) is 0.893. The number of furan rings is 1. The van der Waals surface area contributed by atoms with Gasteiger partial charge in [-0.25, -0.2) is 0 Å². The molecule has 0 spiro atoms. The molecule has 1 aromatic carbocycles. The van der Waals surface area contributed by atoms with Crippen LogP contribution < -0.4 is 5.32 Å². The fourth-order valence-corrected chi connectivity index (χ4v) is 2.67. The van der Waals surface area contributed by atoms with E-state index in [4.69, 9.17) is 16.0 Å². The molecule has 18 heavy (non-hydrogen) atoms. The van der Waals surface area contributed by atoms with Crippen LogP contribution >= 0.6 is 11.6 Å². The Morgan fingerprint density at radius 3 is 2.83 bits per heavy atom. The van der Waals surface area contributed by atoms with Crippen LogP contribution in [0, 0.1) is 0 Å². The summed E-state index contributed by atoms with van der Waals surface area (Å²) in [5.41, 5.74) is 1.27. The van der Waals surface area contributed by atoms with E-state index in [1.165, 1.54) is 0 Å². The third kappa shape index (κ3) is 2.14. The lowest BCUT2D eigenvalue weighted by molar-refractivity contribution is -0.0314. The van der Waals surface area contributed by atoms with Gasteiger partial charge in [0.15, 0.2) is 5.22 Å². The van der Waals surface area contributed by atoms with Crippen molar-refractivity contribution in [3.63, 3.8) is 0 Å². The Labute approximate surface area is 111 Å². The lowest BCUT2D eigenvalue weighted by atomic mass is 9.80. The van der Waals surface area contributed by atoms with Crippen molar-refractivity contribution in [1.82, 2.24) is 5.32 Å². The van der Waals surface area contributed by atoms with Gasteiger partial charge in [0.25, 0.3) is 0 Å². The van der Waals surface area contributed by atoms with Gasteiger partial charge in [-0.1, -0.05) is 18.2 Å². The maximum Gasteiger partial charge on any atom is 0.199 e. The van der Waals surface area contributed by atoms with Crippen LogP contribution in [0.1, 0.15) is 24.8 Å². The summed E-state index contributed by atoms with van der Waals surface area (Å²) in [4.78, 5) is 0. The van der Waals surface area contributed by atoms with Gasteiger partial charge in [0.2, 0.25) is 0 Å². The fourth-order valence-electron chi connectivity index (χ4n) is 2.42. The molecule has 0 unspecified atom stereocenters. The van der Waals surface area contributed by atoms with Crippen LogP contribution in [0.4, 0.5) is 0 Å². The molecule has 0 saturated heterocycles. The second kappa shape index (κ2) is 4.57. The number of hydrogen-bond acceptors (Lipinski definition) is 3. The molecule has 1 heterocycles. The number of fused-ring (bicyclic) bond motifs is 1. The zero-order valence-electron chi connectivity index (χ0n) is 10.1. The zero-order valence-corrected chi connectivity index (χ0v) is 10.8. The minimum Gasteiger partial charge on any atom is -0.444 e. The van der Waals surface area contributed by atoms with Gasteiger partial charge in [0, 0.05) is 24.0 Å². The smallest absolute Gasteiger partial charge is 0.199 e. The molecule has 1 aliphatic rings. The topological polar surface area (TPSA) is 45.4 Å². The molecule has 1 saturated carbocycles. The second-order valence-corrected chi connectivity index (χ2v) is 5.38. The molecule has 0 aliphatic heterocycles. The highest BCUT2D eigenvalue weighted by Crippen LogP contribution is 2.32. The van der Waals surface area contributed by atoms with E-state index >= 15 is 0 Å². The molecular weight excluding hydrogens is 250 g/mol. The van der Waals surface area contributed by atoms with Crippen LogP contribution in [-0.2, 0) is 6.54 Å². The molecule has 96 valence electrons. The Balaban J connectivity index is 1.72. The number of nitrogens with one attached hydrogen (secondary N) is 1.